The Kier molecular flexibility index (Phi) is 3.58. The molecule has 0 fully saturated rings. The molecule has 2 nitrogen and oxygen atoms in total. The fraction of sp³-hybridized carbons (Fsp3) is 0.500. The van der Waals surface area contributed by atoms with E-state index in [2.05, 4.69) is 18.2 Å². The van der Waals surface area contributed by atoms with E-state index in [9.17, 15) is 4.79 Å². The van der Waals surface area contributed by atoms with Gasteiger partial charge in [-0.25, -0.2) is 0 Å². The van der Waals surface area contributed by atoms with Crippen molar-refractivity contribution in [3.63, 3.8) is 0 Å². The van der Waals surface area contributed by atoms with Crippen LogP contribution in [0, 0.1) is 0 Å². The Bertz CT molecular complexity index is 214. The Balaban J connectivity index is 2.45. The molecular weight excluding hydrogens is 152 g/mol. The Morgan fingerprint density at radius 2 is 2.08 bits per heavy atom. The summed E-state index contributed by atoms with van der Waals surface area (Å²) in [6.07, 6.45) is 10.5. The predicted octanol–water partition coefficient (Wildman–Crippen LogP) is 2.52. The van der Waals surface area contributed by atoms with E-state index >= 15 is 0 Å². The van der Waals surface area contributed by atoms with Crippen LogP contribution in [0.1, 0.15) is 32.1 Å². The van der Waals surface area contributed by atoms with E-state index in [0.29, 0.717) is 0 Å². The molecule has 1 aliphatic carbocycles. The number of aliphatic carboxylic acids is 1. The minimum atomic E-state index is -0.717. The first kappa shape index (κ1) is 9.04. The van der Waals surface area contributed by atoms with Crippen LogP contribution in [0.15, 0.2) is 23.8 Å². The number of allylic oxidation sites excluding steroid dienone is 3. The molecule has 0 aliphatic heterocycles. The van der Waals surface area contributed by atoms with Crippen LogP contribution in [0.4, 0.5) is 0 Å². The van der Waals surface area contributed by atoms with Crippen LogP contribution in [-0.4, -0.2) is 11.1 Å². The number of hydrogen-bond acceptors (Lipinski definition) is 1. The molecule has 1 N–H and O–H groups in total. The van der Waals surface area contributed by atoms with Crippen molar-refractivity contribution in [1.82, 2.24) is 0 Å². The monoisotopic (exact) mass is 166 g/mol. The zero-order valence-electron chi connectivity index (χ0n) is 7.12. The largest absolute Gasteiger partial charge is 0.481 e. The molecule has 12 heavy (non-hydrogen) atoms. The van der Waals surface area contributed by atoms with Gasteiger partial charge in [0, 0.05) is 0 Å². The molecule has 0 bridgehead atoms. The van der Waals surface area contributed by atoms with Gasteiger partial charge >= 0.3 is 5.97 Å². The van der Waals surface area contributed by atoms with Gasteiger partial charge in [0.25, 0.3) is 0 Å². The van der Waals surface area contributed by atoms with Crippen molar-refractivity contribution >= 4 is 5.97 Å². The topological polar surface area (TPSA) is 37.3 Å². The molecule has 1 rings (SSSR count). The van der Waals surface area contributed by atoms with Crippen LogP contribution < -0.4 is 0 Å². The van der Waals surface area contributed by atoms with Gasteiger partial charge in [0.05, 0.1) is 6.42 Å². The van der Waals surface area contributed by atoms with E-state index < -0.39 is 5.97 Å². The van der Waals surface area contributed by atoms with Gasteiger partial charge in [0.2, 0.25) is 0 Å². The first-order valence-corrected chi connectivity index (χ1v) is 4.34. The summed E-state index contributed by atoms with van der Waals surface area (Å²) in [4.78, 5) is 10.4. The molecule has 0 heterocycles. The third-order valence-electron chi connectivity index (χ3n) is 1.94. The van der Waals surface area contributed by atoms with Crippen molar-refractivity contribution in [3.8, 4) is 0 Å². The minimum absolute atomic E-state index is 0.216. The Hall–Kier alpha value is -1.05. The van der Waals surface area contributed by atoms with E-state index in [0.717, 1.165) is 31.3 Å². The van der Waals surface area contributed by atoms with Crippen LogP contribution in [-0.2, 0) is 4.79 Å². The molecule has 0 aromatic heterocycles. The van der Waals surface area contributed by atoms with E-state index in [4.69, 9.17) is 5.11 Å². The highest BCUT2D eigenvalue weighted by Crippen LogP contribution is 2.15. The number of hydrogen-bond donors (Lipinski definition) is 1. The minimum Gasteiger partial charge on any atom is -0.481 e. The fourth-order valence-corrected chi connectivity index (χ4v) is 1.34. The van der Waals surface area contributed by atoms with Gasteiger partial charge in [-0.1, -0.05) is 23.8 Å². The molecule has 0 saturated carbocycles. The molecule has 1 aliphatic rings. The molecule has 0 spiro atoms. The quantitative estimate of drug-likeness (QED) is 0.640. The van der Waals surface area contributed by atoms with Gasteiger partial charge < -0.3 is 5.11 Å². The summed E-state index contributed by atoms with van der Waals surface area (Å²) in [5.74, 6) is -0.717. The summed E-state index contributed by atoms with van der Waals surface area (Å²) in [6.45, 7) is 0. The Labute approximate surface area is 72.6 Å². The van der Waals surface area contributed by atoms with E-state index in [1.165, 1.54) is 0 Å². The SMILES string of the molecule is O=C(O)CC1=CCCC=CCC1. The molecule has 0 aromatic rings. The van der Waals surface area contributed by atoms with Crippen molar-refractivity contribution in [1.29, 1.82) is 0 Å². The lowest BCUT2D eigenvalue weighted by molar-refractivity contribution is -0.136. The maximum Gasteiger partial charge on any atom is 0.307 e. The molecule has 0 radical (unpaired) electrons. The van der Waals surface area contributed by atoms with E-state index in [1.807, 2.05) is 0 Å². The second kappa shape index (κ2) is 4.75. The van der Waals surface area contributed by atoms with Crippen molar-refractivity contribution in [3.05, 3.63) is 23.8 Å². The van der Waals surface area contributed by atoms with E-state index in [-0.39, 0.29) is 6.42 Å². The third kappa shape index (κ3) is 3.37. The number of carboxylic acids is 1. The van der Waals surface area contributed by atoms with Crippen molar-refractivity contribution in [2.75, 3.05) is 0 Å². The van der Waals surface area contributed by atoms with Crippen LogP contribution >= 0.6 is 0 Å². The summed E-state index contributed by atoms with van der Waals surface area (Å²) in [5.41, 5.74) is 1.08. The normalized spacial score (nSPS) is 17.8. The Morgan fingerprint density at radius 3 is 2.83 bits per heavy atom. The van der Waals surface area contributed by atoms with Gasteiger partial charge in [-0.05, 0) is 25.7 Å². The van der Waals surface area contributed by atoms with Gasteiger partial charge in [0.1, 0.15) is 0 Å². The summed E-state index contributed by atoms with van der Waals surface area (Å²) in [7, 11) is 0. The van der Waals surface area contributed by atoms with Crippen LogP contribution in [0.3, 0.4) is 0 Å². The second-order valence-electron chi connectivity index (χ2n) is 3.02. The Morgan fingerprint density at radius 1 is 1.33 bits per heavy atom. The van der Waals surface area contributed by atoms with Gasteiger partial charge in [-0.15, -0.1) is 0 Å². The first-order valence-electron chi connectivity index (χ1n) is 4.34. The molecule has 66 valence electrons. The van der Waals surface area contributed by atoms with Crippen LogP contribution in [0.5, 0.6) is 0 Å². The van der Waals surface area contributed by atoms with E-state index in [1.54, 1.807) is 0 Å². The third-order valence-corrected chi connectivity index (χ3v) is 1.94. The first-order chi connectivity index (χ1) is 5.79. The number of carbonyl (C=O) groups is 1. The molecule has 0 aromatic carbocycles. The van der Waals surface area contributed by atoms with Crippen LogP contribution in [0.25, 0.3) is 0 Å². The highest BCUT2D eigenvalue weighted by Gasteiger charge is 2.03. The van der Waals surface area contributed by atoms with Gasteiger partial charge in [0.15, 0.2) is 0 Å². The molecule has 0 amide bonds. The van der Waals surface area contributed by atoms with Crippen molar-refractivity contribution in [2.45, 2.75) is 32.1 Å². The summed E-state index contributed by atoms with van der Waals surface area (Å²) >= 11 is 0. The van der Waals surface area contributed by atoms with Gasteiger partial charge in [-0.3, -0.25) is 4.79 Å². The molecule has 2 heteroatoms. The molecule has 0 unspecified atom stereocenters. The molecular formula is C10H14O2. The fourth-order valence-electron chi connectivity index (χ4n) is 1.34. The molecule has 0 atom stereocenters. The summed E-state index contributed by atoms with van der Waals surface area (Å²) in [6, 6.07) is 0. The lowest BCUT2D eigenvalue weighted by Crippen LogP contribution is -1.98. The van der Waals surface area contributed by atoms with Crippen molar-refractivity contribution < 1.29 is 9.90 Å². The highest BCUT2D eigenvalue weighted by molar-refractivity contribution is 5.69. The lowest BCUT2D eigenvalue weighted by atomic mass is 10.0. The number of rotatable bonds is 2. The summed E-state index contributed by atoms with van der Waals surface area (Å²) in [5, 5.41) is 8.57. The highest BCUT2D eigenvalue weighted by atomic mass is 16.4. The average molecular weight is 166 g/mol. The van der Waals surface area contributed by atoms with Gasteiger partial charge in [-0.2, -0.15) is 0 Å². The molecule has 0 saturated heterocycles. The standard InChI is InChI=1S/C10H14O2/c11-10(12)8-9-6-4-2-1-3-5-7-9/h1-2,7H,3-6,8H2,(H,11,12). The summed E-state index contributed by atoms with van der Waals surface area (Å²) < 4.78 is 0. The second-order valence-corrected chi connectivity index (χ2v) is 3.02. The smallest absolute Gasteiger partial charge is 0.307 e. The predicted molar refractivity (Wildman–Crippen MR) is 47.9 cm³/mol. The van der Waals surface area contributed by atoms with Crippen LogP contribution in [0.2, 0.25) is 0 Å². The zero-order valence-corrected chi connectivity index (χ0v) is 7.12. The average Bonchev–Trinajstić information content (AvgIpc) is 1.93. The lowest BCUT2D eigenvalue weighted by Gasteiger charge is -2.04. The van der Waals surface area contributed by atoms with Crippen molar-refractivity contribution in [2.24, 2.45) is 0 Å². The number of carboxylic acid groups (broad SMARTS) is 1. The maximum absolute atomic E-state index is 10.4. The maximum atomic E-state index is 10.4. The zero-order chi connectivity index (χ0) is 8.81.